The van der Waals surface area contributed by atoms with Crippen molar-refractivity contribution in [1.82, 2.24) is 29.9 Å². The molecule has 10 heteroatoms. The molecule has 3 unspecified atom stereocenters. The summed E-state index contributed by atoms with van der Waals surface area (Å²) in [7, 11) is 2.26. The van der Waals surface area contributed by atoms with Crippen LogP contribution < -0.4 is 15.5 Å². The molecular formula is C21H29N9O. The van der Waals surface area contributed by atoms with Gasteiger partial charge in [0.1, 0.15) is 5.82 Å². The van der Waals surface area contributed by atoms with Crippen molar-refractivity contribution in [3.8, 4) is 5.82 Å². The Morgan fingerprint density at radius 1 is 1.23 bits per heavy atom. The third-order valence-corrected chi connectivity index (χ3v) is 7.19. The van der Waals surface area contributed by atoms with Crippen LogP contribution in [0.25, 0.3) is 16.9 Å². The van der Waals surface area contributed by atoms with Gasteiger partial charge in [-0.2, -0.15) is 9.78 Å². The van der Waals surface area contributed by atoms with Crippen molar-refractivity contribution in [2.24, 2.45) is 0 Å². The van der Waals surface area contributed by atoms with E-state index in [0.29, 0.717) is 31.1 Å². The third-order valence-electron chi connectivity index (χ3n) is 7.19. The predicted octanol–water partition coefficient (Wildman–Crippen LogP) is 1.23. The van der Waals surface area contributed by atoms with Gasteiger partial charge in [0, 0.05) is 43.9 Å². The Labute approximate surface area is 180 Å². The van der Waals surface area contributed by atoms with E-state index in [0.717, 1.165) is 48.0 Å². The molecule has 164 valence electrons. The molecule has 6 heterocycles. The van der Waals surface area contributed by atoms with E-state index in [1.807, 2.05) is 6.07 Å². The van der Waals surface area contributed by atoms with Crippen LogP contribution in [0, 0.1) is 0 Å². The topological polar surface area (TPSA) is 104 Å². The number of pyridine rings is 1. The number of hydrogen-bond acceptors (Lipinski definition) is 8. The maximum Gasteiger partial charge on any atom is 0.171 e. The molecule has 10 nitrogen and oxygen atoms in total. The van der Waals surface area contributed by atoms with Gasteiger partial charge in [-0.1, -0.05) is 0 Å². The van der Waals surface area contributed by atoms with Crippen molar-refractivity contribution in [2.75, 3.05) is 55.4 Å². The highest BCUT2D eigenvalue weighted by molar-refractivity contribution is 6.00. The minimum Gasteiger partial charge on any atom is -0.382 e. The van der Waals surface area contributed by atoms with Crippen LogP contribution in [-0.4, -0.2) is 87.9 Å². The van der Waals surface area contributed by atoms with Crippen molar-refractivity contribution in [2.45, 2.75) is 37.9 Å². The molecule has 0 radical (unpaired) electrons. The van der Waals surface area contributed by atoms with Gasteiger partial charge in [-0.25, -0.2) is 4.98 Å². The van der Waals surface area contributed by atoms with Gasteiger partial charge in [0.15, 0.2) is 17.3 Å². The van der Waals surface area contributed by atoms with E-state index in [-0.39, 0.29) is 6.04 Å². The highest BCUT2D eigenvalue weighted by atomic mass is 16.5. The van der Waals surface area contributed by atoms with E-state index in [2.05, 4.69) is 50.0 Å². The van der Waals surface area contributed by atoms with Crippen LogP contribution in [0.1, 0.15) is 19.8 Å². The van der Waals surface area contributed by atoms with Gasteiger partial charge in [-0.15, -0.1) is 5.10 Å². The zero-order valence-corrected chi connectivity index (χ0v) is 18.0. The van der Waals surface area contributed by atoms with Crippen molar-refractivity contribution >= 4 is 28.4 Å². The van der Waals surface area contributed by atoms with E-state index < -0.39 is 0 Å². The lowest BCUT2D eigenvalue weighted by Crippen LogP contribution is -2.52. The standard InChI is InChI=1S/C21H29N9O/c1-13-12-31-8-7-29(13)18-9-16(28-10-14-3-4-15(11-28)27(14)2)19-20(22)26-30(21(19)24-18)17-5-6-23-25-17/h5-6,9,13-15H,3-4,7-8,10-12H2,1-2H3,(H2,22,26)(H,23,25). The molecule has 3 N–H and O–H groups in total. The van der Waals surface area contributed by atoms with Crippen LogP contribution in [0.4, 0.5) is 17.3 Å². The smallest absolute Gasteiger partial charge is 0.171 e. The minimum atomic E-state index is 0.260. The van der Waals surface area contributed by atoms with Gasteiger partial charge in [0.25, 0.3) is 0 Å². The summed E-state index contributed by atoms with van der Waals surface area (Å²) in [6.07, 6.45) is 4.22. The Balaban J connectivity index is 1.53. The Kier molecular flexibility index (Phi) is 4.32. The summed E-state index contributed by atoms with van der Waals surface area (Å²) in [6, 6.07) is 5.52. The number of hydrogen-bond donors (Lipinski definition) is 2. The largest absolute Gasteiger partial charge is 0.382 e. The van der Waals surface area contributed by atoms with Crippen LogP contribution in [0.15, 0.2) is 18.3 Å². The summed E-state index contributed by atoms with van der Waals surface area (Å²) < 4.78 is 7.44. The van der Waals surface area contributed by atoms with Crippen molar-refractivity contribution in [3.63, 3.8) is 0 Å². The number of morpholine rings is 1. The molecule has 31 heavy (non-hydrogen) atoms. The van der Waals surface area contributed by atoms with Gasteiger partial charge in [-0.05, 0) is 26.8 Å². The van der Waals surface area contributed by atoms with Crippen molar-refractivity contribution in [1.29, 1.82) is 0 Å². The molecule has 2 bridgehead atoms. The number of piperazine rings is 1. The highest BCUT2D eigenvalue weighted by Gasteiger charge is 2.38. The second kappa shape index (κ2) is 7.10. The van der Waals surface area contributed by atoms with Crippen molar-refractivity contribution < 1.29 is 4.74 Å². The molecule has 0 saturated carbocycles. The third kappa shape index (κ3) is 2.96. The molecule has 0 aliphatic carbocycles. The van der Waals surface area contributed by atoms with Gasteiger partial charge in [0.05, 0.1) is 36.5 Å². The average molecular weight is 424 g/mol. The summed E-state index contributed by atoms with van der Waals surface area (Å²) in [4.78, 5) is 12.4. The van der Waals surface area contributed by atoms with E-state index in [1.54, 1.807) is 10.9 Å². The lowest BCUT2D eigenvalue weighted by Gasteiger charge is -2.41. The molecule has 3 fully saturated rings. The fraction of sp³-hybridized carbons (Fsp3) is 0.571. The predicted molar refractivity (Wildman–Crippen MR) is 120 cm³/mol. The van der Waals surface area contributed by atoms with E-state index in [1.165, 1.54) is 12.8 Å². The van der Waals surface area contributed by atoms with Crippen LogP contribution in [0.3, 0.4) is 0 Å². The molecular weight excluding hydrogens is 394 g/mol. The first kappa shape index (κ1) is 18.9. The molecule has 3 aromatic rings. The SMILES string of the molecule is CC1COCCN1c1cc(N2CC3CCC(C2)N3C)c2c(N)nn(-c3ccn[nH]3)c2n1. The lowest BCUT2D eigenvalue weighted by atomic mass is 10.1. The number of ether oxygens (including phenoxy) is 1. The van der Waals surface area contributed by atoms with Gasteiger partial charge in [0.2, 0.25) is 0 Å². The Morgan fingerprint density at radius 2 is 2.03 bits per heavy atom. The zero-order chi connectivity index (χ0) is 21.1. The number of nitrogens with two attached hydrogens (primary N) is 1. The van der Waals surface area contributed by atoms with Crippen LogP contribution in [0.2, 0.25) is 0 Å². The number of aromatic amines is 1. The normalized spacial score (nSPS) is 26.8. The summed E-state index contributed by atoms with van der Waals surface area (Å²) in [5.41, 5.74) is 8.38. The number of nitrogen functional groups attached to an aromatic ring is 1. The molecule has 3 saturated heterocycles. The summed E-state index contributed by atoms with van der Waals surface area (Å²) in [6.45, 7) is 6.41. The van der Waals surface area contributed by atoms with Crippen molar-refractivity contribution in [3.05, 3.63) is 18.3 Å². The quantitative estimate of drug-likeness (QED) is 0.648. The average Bonchev–Trinajstić information content (AvgIpc) is 3.45. The number of anilines is 3. The van der Waals surface area contributed by atoms with Gasteiger partial charge < -0.3 is 20.3 Å². The molecule has 3 aromatic heterocycles. The molecule has 3 aliphatic rings. The molecule has 0 aromatic carbocycles. The minimum absolute atomic E-state index is 0.260. The van der Waals surface area contributed by atoms with Crippen LogP contribution >= 0.6 is 0 Å². The number of fused-ring (bicyclic) bond motifs is 3. The first-order valence-corrected chi connectivity index (χ1v) is 11.1. The van der Waals surface area contributed by atoms with Crippen LogP contribution in [0.5, 0.6) is 0 Å². The first-order valence-electron chi connectivity index (χ1n) is 11.1. The fourth-order valence-corrected chi connectivity index (χ4v) is 5.42. The fourth-order valence-electron chi connectivity index (χ4n) is 5.42. The molecule has 0 spiro atoms. The number of rotatable bonds is 3. The van der Waals surface area contributed by atoms with E-state index in [4.69, 9.17) is 15.5 Å². The van der Waals surface area contributed by atoms with E-state index in [9.17, 15) is 0 Å². The Hall–Kier alpha value is -2.85. The molecule has 3 aliphatic heterocycles. The zero-order valence-electron chi connectivity index (χ0n) is 18.0. The van der Waals surface area contributed by atoms with Crippen LogP contribution in [-0.2, 0) is 4.74 Å². The number of aromatic nitrogens is 5. The van der Waals surface area contributed by atoms with Gasteiger partial charge >= 0.3 is 0 Å². The lowest BCUT2D eigenvalue weighted by molar-refractivity contribution is 0.0985. The van der Waals surface area contributed by atoms with E-state index >= 15 is 0 Å². The summed E-state index contributed by atoms with van der Waals surface area (Å²) in [5, 5.41) is 12.6. The summed E-state index contributed by atoms with van der Waals surface area (Å²) in [5.74, 6) is 2.20. The number of H-pyrrole nitrogens is 1. The van der Waals surface area contributed by atoms with Gasteiger partial charge in [-0.3, -0.25) is 10.00 Å². The first-order chi connectivity index (χ1) is 15.1. The number of nitrogens with zero attached hydrogens (tertiary/aromatic N) is 7. The molecule has 6 rings (SSSR count). The maximum atomic E-state index is 6.48. The second-order valence-electron chi connectivity index (χ2n) is 9.01. The number of likely N-dealkylation sites (N-methyl/N-ethyl adjacent to an activating group) is 1. The monoisotopic (exact) mass is 423 g/mol. The number of nitrogens with one attached hydrogen (secondary N) is 1. The molecule has 0 amide bonds. The highest BCUT2D eigenvalue weighted by Crippen LogP contribution is 2.39. The summed E-state index contributed by atoms with van der Waals surface area (Å²) >= 11 is 0. The Morgan fingerprint density at radius 3 is 2.74 bits per heavy atom. The second-order valence-corrected chi connectivity index (χ2v) is 9.01. The molecule has 3 atom stereocenters. The maximum absolute atomic E-state index is 6.48. The Bertz CT molecular complexity index is 1080.